The lowest BCUT2D eigenvalue weighted by molar-refractivity contribution is 0.660. The van der Waals surface area contributed by atoms with Gasteiger partial charge in [-0.25, -0.2) is 0 Å². The van der Waals surface area contributed by atoms with Gasteiger partial charge in [-0.05, 0) is 105 Å². The van der Waals surface area contributed by atoms with E-state index in [-0.39, 0.29) is 5.41 Å². The third kappa shape index (κ3) is 4.89. The van der Waals surface area contributed by atoms with E-state index in [0.717, 1.165) is 12.8 Å². The van der Waals surface area contributed by atoms with Gasteiger partial charge in [0.25, 0.3) is 0 Å². The zero-order chi connectivity index (χ0) is 34.1. The van der Waals surface area contributed by atoms with Crippen molar-refractivity contribution in [2.24, 2.45) is 0 Å². The van der Waals surface area contributed by atoms with Crippen molar-refractivity contribution in [1.82, 2.24) is 0 Å². The van der Waals surface area contributed by atoms with Crippen LogP contribution in [0.1, 0.15) is 43.4 Å². The van der Waals surface area contributed by atoms with E-state index in [2.05, 4.69) is 183 Å². The van der Waals surface area contributed by atoms with Gasteiger partial charge in [0.15, 0.2) is 0 Å². The minimum atomic E-state index is -0.102. The Labute approximate surface area is 303 Å². The van der Waals surface area contributed by atoms with Crippen molar-refractivity contribution < 1.29 is 0 Å². The first-order valence-electron chi connectivity index (χ1n) is 18.0. The maximum atomic E-state index is 2.53. The second-order valence-corrected chi connectivity index (χ2v) is 15.6. The van der Waals surface area contributed by atoms with Gasteiger partial charge in [0.2, 0.25) is 0 Å². The lowest BCUT2D eigenvalue weighted by atomic mass is 9.82. The van der Waals surface area contributed by atoms with E-state index in [1.807, 2.05) is 11.3 Å². The first-order valence-corrected chi connectivity index (χ1v) is 18.8. The van der Waals surface area contributed by atoms with Gasteiger partial charge in [0.1, 0.15) is 0 Å². The monoisotopic (exact) mass is 671 g/mol. The Balaban J connectivity index is 1.23. The summed E-state index contributed by atoms with van der Waals surface area (Å²) in [6.07, 6.45) is 8.89. The van der Waals surface area contributed by atoms with Gasteiger partial charge in [-0.15, -0.1) is 11.3 Å². The Hall–Kier alpha value is -5.70. The third-order valence-corrected chi connectivity index (χ3v) is 12.3. The standard InChI is InChI=1S/C49H37NS/c1-49(2)44-18-10-8-16-40(44)41-26-23-37(30-45(41)49)50(38-24-27-43-42-17-9-11-19-47(42)51-48(43)31-38)46-29-36(22-25-39(46)33-13-4-3-5-14-33)35-21-20-32-12-6-7-15-34(32)28-35/h3-4,6-13,15-31H,5,14H2,1-2H3. The van der Waals surface area contributed by atoms with Crippen LogP contribution in [0.4, 0.5) is 17.1 Å². The van der Waals surface area contributed by atoms with Crippen molar-refractivity contribution >= 4 is 64.9 Å². The molecule has 10 rings (SSSR count). The summed E-state index contributed by atoms with van der Waals surface area (Å²) in [7, 11) is 0. The summed E-state index contributed by atoms with van der Waals surface area (Å²) in [4.78, 5) is 2.53. The predicted octanol–water partition coefficient (Wildman–Crippen LogP) is 14.4. The number of thiophene rings is 1. The molecule has 1 aromatic heterocycles. The Morgan fingerprint density at radius 2 is 1.25 bits per heavy atom. The molecule has 0 saturated carbocycles. The fourth-order valence-electron chi connectivity index (χ4n) is 8.48. The van der Waals surface area contributed by atoms with Gasteiger partial charge in [0, 0.05) is 42.5 Å². The number of fused-ring (bicyclic) bond motifs is 7. The predicted molar refractivity (Wildman–Crippen MR) is 221 cm³/mol. The number of rotatable bonds is 5. The molecule has 2 heteroatoms. The molecule has 1 nitrogen and oxygen atoms in total. The molecule has 51 heavy (non-hydrogen) atoms. The highest BCUT2D eigenvalue weighted by atomic mass is 32.1. The highest BCUT2D eigenvalue weighted by Gasteiger charge is 2.36. The summed E-state index contributed by atoms with van der Waals surface area (Å²) < 4.78 is 2.63. The molecule has 0 saturated heterocycles. The van der Waals surface area contributed by atoms with Crippen molar-refractivity contribution in [2.45, 2.75) is 32.1 Å². The maximum Gasteiger partial charge on any atom is 0.0542 e. The van der Waals surface area contributed by atoms with Crippen LogP contribution in [0, 0.1) is 0 Å². The highest BCUT2D eigenvalue weighted by Crippen LogP contribution is 2.52. The molecule has 0 unspecified atom stereocenters. The quantitative estimate of drug-likeness (QED) is 0.176. The number of benzene rings is 7. The van der Waals surface area contributed by atoms with Crippen molar-refractivity contribution in [1.29, 1.82) is 0 Å². The number of allylic oxidation sites excluding steroid dienone is 4. The number of hydrogen-bond donors (Lipinski definition) is 0. The Kier molecular flexibility index (Phi) is 6.91. The third-order valence-electron chi connectivity index (χ3n) is 11.1. The average molecular weight is 672 g/mol. The molecule has 2 aliphatic rings. The van der Waals surface area contributed by atoms with E-state index < -0.39 is 0 Å². The molecule has 1 heterocycles. The number of anilines is 3. The molecule has 0 radical (unpaired) electrons. The minimum Gasteiger partial charge on any atom is -0.310 e. The van der Waals surface area contributed by atoms with Gasteiger partial charge in [-0.1, -0.05) is 135 Å². The van der Waals surface area contributed by atoms with Crippen LogP contribution in [-0.4, -0.2) is 0 Å². The summed E-state index contributed by atoms with van der Waals surface area (Å²) in [5.41, 5.74) is 14.0. The molecule has 0 aliphatic heterocycles. The molecule has 0 N–H and O–H groups in total. The summed E-state index contributed by atoms with van der Waals surface area (Å²) in [5.74, 6) is 0. The summed E-state index contributed by atoms with van der Waals surface area (Å²) in [6.45, 7) is 4.75. The summed E-state index contributed by atoms with van der Waals surface area (Å²) in [6, 6.07) is 54.6. The zero-order valence-corrected chi connectivity index (χ0v) is 29.7. The first kappa shape index (κ1) is 30.2. The molecule has 0 bridgehead atoms. The molecule has 2 aliphatic carbocycles. The smallest absolute Gasteiger partial charge is 0.0542 e. The van der Waals surface area contributed by atoms with E-state index in [9.17, 15) is 0 Å². The molecule has 8 aromatic rings. The van der Waals surface area contributed by atoms with E-state index in [1.54, 1.807) is 0 Å². The van der Waals surface area contributed by atoms with Crippen LogP contribution in [0.25, 0.3) is 58.8 Å². The van der Waals surface area contributed by atoms with Gasteiger partial charge in [-0.2, -0.15) is 0 Å². The lowest BCUT2D eigenvalue weighted by Crippen LogP contribution is -2.17. The SMILES string of the molecule is CC1(C)c2ccccc2-c2ccc(N(c3ccc4c(c3)sc3ccccc34)c3cc(-c4ccc5ccccc5c4)ccc3C3=CC=CCC3)cc21. The number of nitrogens with zero attached hydrogens (tertiary/aromatic N) is 1. The normalized spacial score (nSPS) is 14.5. The molecule has 244 valence electrons. The summed E-state index contributed by atoms with van der Waals surface area (Å²) in [5, 5.41) is 5.16. The first-order chi connectivity index (χ1) is 25.0. The van der Waals surface area contributed by atoms with Crippen LogP contribution >= 0.6 is 11.3 Å². The Morgan fingerprint density at radius 3 is 2.16 bits per heavy atom. The zero-order valence-electron chi connectivity index (χ0n) is 28.9. The summed E-state index contributed by atoms with van der Waals surface area (Å²) >= 11 is 1.88. The van der Waals surface area contributed by atoms with Crippen molar-refractivity contribution in [3.8, 4) is 22.3 Å². The Morgan fingerprint density at radius 1 is 0.549 bits per heavy atom. The van der Waals surface area contributed by atoms with Crippen LogP contribution < -0.4 is 4.90 Å². The van der Waals surface area contributed by atoms with Gasteiger partial charge in [-0.3, -0.25) is 0 Å². The highest BCUT2D eigenvalue weighted by molar-refractivity contribution is 7.25. The fraction of sp³-hybridized carbons (Fsp3) is 0.102. The van der Waals surface area contributed by atoms with Gasteiger partial charge < -0.3 is 4.90 Å². The lowest BCUT2D eigenvalue weighted by Gasteiger charge is -2.31. The van der Waals surface area contributed by atoms with Gasteiger partial charge >= 0.3 is 0 Å². The van der Waals surface area contributed by atoms with Crippen LogP contribution in [0.3, 0.4) is 0 Å². The van der Waals surface area contributed by atoms with E-state index >= 15 is 0 Å². The van der Waals surface area contributed by atoms with Crippen LogP contribution in [0.2, 0.25) is 0 Å². The molecular weight excluding hydrogens is 635 g/mol. The molecule has 7 aromatic carbocycles. The van der Waals surface area contributed by atoms with E-state index in [4.69, 9.17) is 0 Å². The van der Waals surface area contributed by atoms with Crippen molar-refractivity contribution in [3.05, 3.63) is 181 Å². The Bertz CT molecular complexity index is 2740. The second kappa shape index (κ2) is 11.7. The van der Waals surface area contributed by atoms with Crippen LogP contribution in [-0.2, 0) is 5.41 Å². The fourth-order valence-corrected chi connectivity index (χ4v) is 9.62. The van der Waals surface area contributed by atoms with Crippen LogP contribution in [0.15, 0.2) is 164 Å². The largest absolute Gasteiger partial charge is 0.310 e. The van der Waals surface area contributed by atoms with E-state index in [0.29, 0.717) is 0 Å². The second-order valence-electron chi connectivity index (χ2n) is 14.5. The molecule has 0 spiro atoms. The van der Waals surface area contributed by atoms with Gasteiger partial charge in [0.05, 0.1) is 5.69 Å². The topological polar surface area (TPSA) is 3.24 Å². The number of hydrogen-bond acceptors (Lipinski definition) is 2. The van der Waals surface area contributed by atoms with Crippen LogP contribution in [0.5, 0.6) is 0 Å². The van der Waals surface area contributed by atoms with Crippen molar-refractivity contribution in [2.75, 3.05) is 4.90 Å². The van der Waals surface area contributed by atoms with E-state index in [1.165, 1.54) is 92.5 Å². The minimum absolute atomic E-state index is 0.102. The average Bonchev–Trinajstić information content (AvgIpc) is 3.66. The van der Waals surface area contributed by atoms with Crippen molar-refractivity contribution in [3.63, 3.8) is 0 Å². The molecule has 0 fully saturated rings. The maximum absolute atomic E-state index is 2.53. The molecule has 0 amide bonds. The molecular formula is C49H37NS. The molecule has 0 atom stereocenters.